The summed E-state index contributed by atoms with van der Waals surface area (Å²) in [7, 11) is 0. The van der Waals surface area contributed by atoms with Gasteiger partial charge < -0.3 is 0 Å². The van der Waals surface area contributed by atoms with Gasteiger partial charge in [-0.3, -0.25) is 0 Å². The first-order chi connectivity index (χ1) is 24.3. The standard InChI is InChI=1S/C47H29NS/c1-2-18-40-38(16-1)39-17-3-4-19-41(39)45-29-35(23-24-42(40)45)33-13-6-11-31(27-33)30-10-5-12-32(26-30)34-14-7-15-36(28-34)37-20-8-21-43-44-22-9-25-48-47(44)49-46(37)43/h1-29H. The first-order valence-electron chi connectivity index (χ1n) is 16.7. The first-order valence-corrected chi connectivity index (χ1v) is 17.5. The molecule has 0 radical (unpaired) electrons. The average molecular weight is 640 g/mol. The molecule has 0 bridgehead atoms. The Morgan fingerprint density at radius 2 is 0.755 bits per heavy atom. The van der Waals surface area contributed by atoms with Crippen LogP contribution in [0.4, 0.5) is 0 Å². The van der Waals surface area contributed by atoms with E-state index in [-0.39, 0.29) is 0 Å². The van der Waals surface area contributed by atoms with E-state index in [1.165, 1.54) is 92.3 Å². The summed E-state index contributed by atoms with van der Waals surface area (Å²) in [6.07, 6.45) is 1.88. The molecule has 0 aliphatic carbocycles. The van der Waals surface area contributed by atoms with Crippen LogP contribution in [0.5, 0.6) is 0 Å². The number of rotatable bonds is 4. The summed E-state index contributed by atoms with van der Waals surface area (Å²) in [5.41, 5.74) is 9.75. The van der Waals surface area contributed by atoms with Gasteiger partial charge in [0.15, 0.2) is 0 Å². The predicted molar refractivity (Wildman–Crippen MR) is 211 cm³/mol. The predicted octanol–water partition coefficient (Wildman–Crippen LogP) is 13.6. The van der Waals surface area contributed by atoms with E-state index < -0.39 is 0 Å². The van der Waals surface area contributed by atoms with Crippen LogP contribution in [0.2, 0.25) is 0 Å². The number of hydrogen-bond acceptors (Lipinski definition) is 2. The van der Waals surface area contributed by atoms with Crippen molar-refractivity contribution in [3.8, 4) is 44.5 Å². The monoisotopic (exact) mass is 639 g/mol. The fourth-order valence-electron chi connectivity index (χ4n) is 7.57. The van der Waals surface area contributed by atoms with Crippen molar-refractivity contribution in [2.24, 2.45) is 0 Å². The molecule has 228 valence electrons. The largest absolute Gasteiger partial charge is 0.245 e. The second-order valence-corrected chi connectivity index (χ2v) is 13.7. The highest BCUT2D eigenvalue weighted by atomic mass is 32.1. The van der Waals surface area contributed by atoms with E-state index in [9.17, 15) is 0 Å². The van der Waals surface area contributed by atoms with E-state index >= 15 is 0 Å². The van der Waals surface area contributed by atoms with Gasteiger partial charge in [0.2, 0.25) is 0 Å². The zero-order valence-corrected chi connectivity index (χ0v) is 27.4. The number of aromatic nitrogens is 1. The highest BCUT2D eigenvalue weighted by Gasteiger charge is 2.13. The van der Waals surface area contributed by atoms with Gasteiger partial charge in [0.1, 0.15) is 4.83 Å². The maximum atomic E-state index is 4.64. The van der Waals surface area contributed by atoms with Crippen LogP contribution in [0.1, 0.15) is 0 Å². The molecule has 10 aromatic rings. The Balaban J connectivity index is 1.04. The van der Waals surface area contributed by atoms with Gasteiger partial charge in [0, 0.05) is 21.7 Å². The second kappa shape index (κ2) is 11.3. The van der Waals surface area contributed by atoms with Gasteiger partial charge >= 0.3 is 0 Å². The molecule has 2 heterocycles. The molecule has 0 fully saturated rings. The summed E-state index contributed by atoms with van der Waals surface area (Å²) in [5.74, 6) is 0. The molecule has 10 rings (SSSR count). The van der Waals surface area contributed by atoms with Crippen molar-refractivity contribution in [2.75, 3.05) is 0 Å². The van der Waals surface area contributed by atoms with Gasteiger partial charge in [0.25, 0.3) is 0 Å². The van der Waals surface area contributed by atoms with E-state index in [0.29, 0.717) is 0 Å². The van der Waals surface area contributed by atoms with Gasteiger partial charge in [-0.2, -0.15) is 0 Å². The summed E-state index contributed by atoms with van der Waals surface area (Å²) in [5, 5.41) is 10.3. The average Bonchev–Trinajstić information content (AvgIpc) is 3.57. The van der Waals surface area contributed by atoms with Crippen LogP contribution in [-0.4, -0.2) is 4.98 Å². The molecule has 0 aliphatic rings. The van der Waals surface area contributed by atoms with Gasteiger partial charge in [-0.25, -0.2) is 4.98 Å². The van der Waals surface area contributed by atoms with Gasteiger partial charge in [-0.1, -0.05) is 133 Å². The molecule has 0 unspecified atom stereocenters. The summed E-state index contributed by atoms with van der Waals surface area (Å²) in [6, 6.07) is 62.1. The first kappa shape index (κ1) is 28.0. The Morgan fingerprint density at radius 1 is 0.306 bits per heavy atom. The summed E-state index contributed by atoms with van der Waals surface area (Å²) >= 11 is 1.77. The molecule has 8 aromatic carbocycles. The van der Waals surface area contributed by atoms with Crippen LogP contribution in [0.25, 0.3) is 97.1 Å². The molecule has 2 heteroatoms. The third kappa shape index (κ3) is 4.64. The number of thiophene rings is 1. The summed E-state index contributed by atoms with van der Waals surface area (Å²) in [4.78, 5) is 5.72. The maximum absolute atomic E-state index is 4.64. The van der Waals surface area contributed by atoms with Crippen molar-refractivity contribution in [3.05, 3.63) is 176 Å². The number of pyridine rings is 1. The van der Waals surface area contributed by atoms with E-state index in [2.05, 4.69) is 169 Å². The third-order valence-electron chi connectivity index (χ3n) is 9.92. The topological polar surface area (TPSA) is 12.9 Å². The van der Waals surface area contributed by atoms with E-state index in [0.717, 1.165) is 4.83 Å². The number of nitrogens with zero attached hydrogens (tertiary/aromatic N) is 1. The Kier molecular flexibility index (Phi) is 6.43. The summed E-state index contributed by atoms with van der Waals surface area (Å²) in [6.45, 7) is 0. The summed E-state index contributed by atoms with van der Waals surface area (Å²) < 4.78 is 1.29. The molecular formula is C47H29NS. The minimum Gasteiger partial charge on any atom is -0.245 e. The maximum Gasteiger partial charge on any atom is 0.124 e. The van der Waals surface area contributed by atoms with E-state index in [1.54, 1.807) is 11.3 Å². The lowest BCUT2D eigenvalue weighted by Crippen LogP contribution is -1.86. The third-order valence-corrected chi connectivity index (χ3v) is 11.1. The lowest BCUT2D eigenvalue weighted by Gasteiger charge is -2.13. The molecule has 0 aliphatic heterocycles. The molecule has 0 saturated carbocycles. The second-order valence-electron chi connectivity index (χ2n) is 12.7. The molecule has 0 saturated heterocycles. The molecule has 0 spiro atoms. The molecule has 0 amide bonds. The van der Waals surface area contributed by atoms with Crippen LogP contribution in [0, 0.1) is 0 Å². The fourth-order valence-corrected chi connectivity index (χ4v) is 8.75. The normalized spacial score (nSPS) is 11.7. The Bertz CT molecular complexity index is 2860. The van der Waals surface area contributed by atoms with Crippen LogP contribution >= 0.6 is 11.3 Å². The quantitative estimate of drug-likeness (QED) is 0.175. The fraction of sp³-hybridized carbons (Fsp3) is 0. The van der Waals surface area contributed by atoms with Crippen LogP contribution < -0.4 is 0 Å². The molecule has 1 nitrogen and oxygen atoms in total. The zero-order chi connectivity index (χ0) is 32.3. The van der Waals surface area contributed by atoms with Crippen LogP contribution in [-0.2, 0) is 0 Å². The highest BCUT2D eigenvalue weighted by Crippen LogP contribution is 2.41. The van der Waals surface area contributed by atoms with Crippen molar-refractivity contribution in [1.82, 2.24) is 4.98 Å². The zero-order valence-electron chi connectivity index (χ0n) is 26.6. The van der Waals surface area contributed by atoms with Crippen molar-refractivity contribution in [1.29, 1.82) is 0 Å². The van der Waals surface area contributed by atoms with Crippen molar-refractivity contribution in [2.45, 2.75) is 0 Å². The van der Waals surface area contributed by atoms with Gasteiger partial charge in [-0.05, 0) is 113 Å². The smallest absolute Gasteiger partial charge is 0.124 e. The Hall–Kier alpha value is -6.09. The number of hydrogen-bond donors (Lipinski definition) is 0. The van der Waals surface area contributed by atoms with Crippen molar-refractivity contribution >= 4 is 64.0 Å². The minimum atomic E-state index is 1.08. The van der Waals surface area contributed by atoms with Crippen LogP contribution in [0.3, 0.4) is 0 Å². The molecular weight excluding hydrogens is 611 g/mol. The highest BCUT2D eigenvalue weighted by molar-refractivity contribution is 7.26. The lowest BCUT2D eigenvalue weighted by molar-refractivity contribution is 1.45. The van der Waals surface area contributed by atoms with Crippen molar-refractivity contribution in [3.63, 3.8) is 0 Å². The lowest BCUT2D eigenvalue weighted by atomic mass is 9.91. The van der Waals surface area contributed by atoms with Gasteiger partial charge in [0.05, 0.1) is 0 Å². The number of benzene rings is 8. The van der Waals surface area contributed by atoms with Crippen molar-refractivity contribution < 1.29 is 0 Å². The molecule has 2 aromatic heterocycles. The molecule has 0 N–H and O–H groups in total. The molecule has 49 heavy (non-hydrogen) atoms. The van der Waals surface area contributed by atoms with E-state index in [4.69, 9.17) is 0 Å². The van der Waals surface area contributed by atoms with E-state index in [1.807, 2.05) is 12.3 Å². The van der Waals surface area contributed by atoms with Gasteiger partial charge in [-0.15, -0.1) is 11.3 Å². The van der Waals surface area contributed by atoms with Crippen LogP contribution in [0.15, 0.2) is 176 Å². The Labute approximate surface area is 288 Å². The molecule has 0 atom stereocenters. The SMILES string of the molecule is c1cc(-c2cccc(-c3ccc4c5ccccc5c5ccccc5c4c3)c2)cc(-c2cccc(-c3cccc4c3sc3ncccc34)c2)c1. The minimum absolute atomic E-state index is 1.08. The Morgan fingerprint density at radius 3 is 1.37 bits per heavy atom. The number of fused-ring (bicyclic) bond motifs is 9.